The van der Waals surface area contributed by atoms with Crippen molar-refractivity contribution in [2.45, 2.75) is 19.4 Å². The number of carbonyl (C=O) groups is 1. The van der Waals surface area contributed by atoms with Crippen LogP contribution in [-0.4, -0.2) is 16.9 Å². The van der Waals surface area contributed by atoms with E-state index in [2.05, 4.69) is 5.32 Å². The average molecular weight is 333 g/mol. The number of hydrogen-bond donors (Lipinski definition) is 1. The summed E-state index contributed by atoms with van der Waals surface area (Å²) in [7, 11) is 0. The highest BCUT2D eigenvalue weighted by atomic mass is 35.5. The van der Waals surface area contributed by atoms with E-state index < -0.39 is 11.0 Å². The lowest BCUT2D eigenvalue weighted by molar-refractivity contribution is -0.385. The topological polar surface area (TPSA) is 81.5 Å². The SMILES string of the molecule is Cc1c(NC(=O)[C@H]2Cc3cc(Cl)ccc3O2)cccc1[N+](=O)[O-]. The second kappa shape index (κ2) is 5.89. The summed E-state index contributed by atoms with van der Waals surface area (Å²) >= 11 is 5.93. The lowest BCUT2D eigenvalue weighted by Crippen LogP contribution is -2.31. The fraction of sp³-hybridized carbons (Fsp3) is 0.188. The van der Waals surface area contributed by atoms with Crippen LogP contribution in [0.3, 0.4) is 0 Å². The number of nitrogens with one attached hydrogen (secondary N) is 1. The van der Waals surface area contributed by atoms with Gasteiger partial charge in [-0.2, -0.15) is 0 Å². The van der Waals surface area contributed by atoms with Crippen LogP contribution in [0.1, 0.15) is 11.1 Å². The zero-order chi connectivity index (χ0) is 16.6. The zero-order valence-corrected chi connectivity index (χ0v) is 13.0. The van der Waals surface area contributed by atoms with Crippen LogP contribution < -0.4 is 10.1 Å². The monoisotopic (exact) mass is 332 g/mol. The predicted molar refractivity (Wildman–Crippen MR) is 86.0 cm³/mol. The van der Waals surface area contributed by atoms with Gasteiger partial charge in [-0.3, -0.25) is 14.9 Å². The van der Waals surface area contributed by atoms with Crippen LogP contribution >= 0.6 is 11.6 Å². The predicted octanol–water partition coefficient (Wildman–Crippen LogP) is 3.50. The summed E-state index contributed by atoms with van der Waals surface area (Å²) in [5.41, 5.74) is 1.64. The number of halogens is 1. The van der Waals surface area contributed by atoms with Crippen LogP contribution in [0.15, 0.2) is 36.4 Å². The van der Waals surface area contributed by atoms with Crippen molar-refractivity contribution in [1.82, 2.24) is 0 Å². The molecule has 0 saturated heterocycles. The van der Waals surface area contributed by atoms with Crippen LogP contribution in [0.4, 0.5) is 11.4 Å². The molecule has 0 radical (unpaired) electrons. The van der Waals surface area contributed by atoms with Gasteiger partial charge in [0.15, 0.2) is 6.10 Å². The maximum atomic E-state index is 12.4. The van der Waals surface area contributed by atoms with E-state index in [1.54, 1.807) is 31.2 Å². The Morgan fingerprint density at radius 1 is 1.39 bits per heavy atom. The van der Waals surface area contributed by atoms with Crippen LogP contribution in [-0.2, 0) is 11.2 Å². The van der Waals surface area contributed by atoms with Crippen molar-refractivity contribution in [2.75, 3.05) is 5.32 Å². The van der Waals surface area contributed by atoms with E-state index in [1.807, 2.05) is 0 Å². The van der Waals surface area contributed by atoms with Crippen LogP contribution in [0, 0.1) is 17.0 Å². The quantitative estimate of drug-likeness (QED) is 0.689. The molecule has 1 aliphatic rings. The summed E-state index contributed by atoms with van der Waals surface area (Å²) in [4.78, 5) is 22.8. The van der Waals surface area contributed by atoms with Gasteiger partial charge < -0.3 is 10.1 Å². The van der Waals surface area contributed by atoms with Crippen molar-refractivity contribution >= 4 is 28.9 Å². The molecule has 118 valence electrons. The Morgan fingerprint density at radius 2 is 2.17 bits per heavy atom. The molecule has 0 aliphatic carbocycles. The molecule has 0 saturated carbocycles. The van der Waals surface area contributed by atoms with E-state index in [0.29, 0.717) is 28.4 Å². The number of carbonyl (C=O) groups excluding carboxylic acids is 1. The number of benzene rings is 2. The molecule has 0 fully saturated rings. The lowest BCUT2D eigenvalue weighted by atomic mass is 10.1. The first kappa shape index (κ1) is 15.3. The Bertz CT molecular complexity index is 807. The van der Waals surface area contributed by atoms with Gasteiger partial charge in [0.2, 0.25) is 0 Å². The van der Waals surface area contributed by atoms with Gasteiger partial charge in [-0.05, 0) is 36.8 Å². The first-order valence-corrected chi connectivity index (χ1v) is 7.33. The van der Waals surface area contributed by atoms with Gasteiger partial charge in [0.05, 0.1) is 16.2 Å². The fourth-order valence-corrected chi connectivity index (χ4v) is 2.73. The molecule has 23 heavy (non-hydrogen) atoms. The van der Waals surface area contributed by atoms with E-state index in [1.165, 1.54) is 12.1 Å². The minimum Gasteiger partial charge on any atom is -0.480 e. The summed E-state index contributed by atoms with van der Waals surface area (Å²) in [5, 5.41) is 14.2. The van der Waals surface area contributed by atoms with Crippen molar-refractivity contribution < 1.29 is 14.5 Å². The van der Waals surface area contributed by atoms with Gasteiger partial charge in [-0.25, -0.2) is 0 Å². The van der Waals surface area contributed by atoms with E-state index in [0.717, 1.165) is 5.56 Å². The van der Waals surface area contributed by atoms with Crippen LogP contribution in [0.2, 0.25) is 5.02 Å². The van der Waals surface area contributed by atoms with Gasteiger partial charge in [-0.15, -0.1) is 0 Å². The van der Waals surface area contributed by atoms with Gasteiger partial charge >= 0.3 is 0 Å². The maximum absolute atomic E-state index is 12.4. The second-order valence-corrected chi connectivity index (χ2v) is 5.70. The number of nitro groups is 1. The summed E-state index contributed by atoms with van der Waals surface area (Å²) in [5.74, 6) is 0.284. The van der Waals surface area contributed by atoms with Gasteiger partial charge in [0, 0.05) is 17.5 Å². The van der Waals surface area contributed by atoms with E-state index in [-0.39, 0.29) is 11.6 Å². The highest BCUT2D eigenvalue weighted by molar-refractivity contribution is 6.30. The number of amides is 1. The molecule has 1 atom stereocenters. The third kappa shape index (κ3) is 2.98. The Kier molecular flexibility index (Phi) is 3.92. The number of ether oxygens (including phenoxy) is 1. The molecule has 1 amide bonds. The van der Waals surface area contributed by atoms with E-state index in [4.69, 9.17) is 16.3 Å². The minimum atomic E-state index is -0.679. The summed E-state index contributed by atoms with van der Waals surface area (Å²) < 4.78 is 5.61. The summed E-state index contributed by atoms with van der Waals surface area (Å²) in [6, 6.07) is 9.75. The molecule has 6 nitrogen and oxygen atoms in total. The van der Waals surface area contributed by atoms with E-state index >= 15 is 0 Å². The average Bonchev–Trinajstić information content (AvgIpc) is 2.92. The molecule has 3 rings (SSSR count). The molecule has 0 unspecified atom stereocenters. The first-order chi connectivity index (χ1) is 11.0. The number of anilines is 1. The second-order valence-electron chi connectivity index (χ2n) is 5.26. The van der Waals surface area contributed by atoms with Gasteiger partial charge in [-0.1, -0.05) is 17.7 Å². The highest BCUT2D eigenvalue weighted by Crippen LogP contribution is 2.32. The first-order valence-electron chi connectivity index (χ1n) is 6.95. The number of hydrogen-bond acceptors (Lipinski definition) is 4. The molecule has 2 aromatic rings. The van der Waals surface area contributed by atoms with Crippen LogP contribution in [0.25, 0.3) is 0 Å². The number of nitro benzene ring substituents is 1. The van der Waals surface area contributed by atoms with Crippen molar-refractivity contribution in [3.05, 3.63) is 62.7 Å². The number of nitrogens with zero attached hydrogens (tertiary/aromatic N) is 1. The van der Waals surface area contributed by atoms with Crippen molar-refractivity contribution in [3.8, 4) is 5.75 Å². The molecule has 2 aromatic carbocycles. The normalized spacial score (nSPS) is 15.7. The highest BCUT2D eigenvalue weighted by Gasteiger charge is 2.30. The molecule has 7 heteroatoms. The lowest BCUT2D eigenvalue weighted by Gasteiger charge is -2.13. The third-order valence-electron chi connectivity index (χ3n) is 3.75. The molecule has 0 spiro atoms. The fourth-order valence-electron chi connectivity index (χ4n) is 2.53. The summed E-state index contributed by atoms with van der Waals surface area (Å²) in [6.45, 7) is 1.60. The van der Waals surface area contributed by atoms with Gasteiger partial charge in [0.1, 0.15) is 5.75 Å². The largest absolute Gasteiger partial charge is 0.480 e. The molecular formula is C16H13ClN2O4. The van der Waals surface area contributed by atoms with Crippen molar-refractivity contribution in [2.24, 2.45) is 0 Å². The smallest absolute Gasteiger partial charge is 0.274 e. The zero-order valence-electron chi connectivity index (χ0n) is 12.2. The molecule has 1 aliphatic heterocycles. The third-order valence-corrected chi connectivity index (χ3v) is 3.98. The maximum Gasteiger partial charge on any atom is 0.274 e. The Labute approximate surface area is 137 Å². The Morgan fingerprint density at radius 3 is 2.91 bits per heavy atom. The Balaban J connectivity index is 1.77. The molecule has 1 N–H and O–H groups in total. The van der Waals surface area contributed by atoms with Gasteiger partial charge in [0.25, 0.3) is 11.6 Å². The van der Waals surface area contributed by atoms with Crippen LogP contribution in [0.5, 0.6) is 5.75 Å². The van der Waals surface area contributed by atoms with Crippen molar-refractivity contribution in [3.63, 3.8) is 0 Å². The molecular weight excluding hydrogens is 320 g/mol. The van der Waals surface area contributed by atoms with Crippen molar-refractivity contribution in [1.29, 1.82) is 0 Å². The number of fused-ring (bicyclic) bond motifs is 1. The van der Waals surface area contributed by atoms with E-state index in [9.17, 15) is 14.9 Å². The standard InChI is InChI=1S/C16H13ClN2O4/c1-9-12(3-2-4-13(9)19(21)22)18-16(20)15-8-10-7-11(17)5-6-14(10)23-15/h2-7,15H,8H2,1H3,(H,18,20)/t15-/m1/s1. The molecule has 1 heterocycles. The summed E-state index contributed by atoms with van der Waals surface area (Å²) in [6.07, 6.45) is -0.266. The Hall–Kier alpha value is -2.60. The minimum absolute atomic E-state index is 0.0368. The number of rotatable bonds is 3. The molecule has 0 bridgehead atoms. The molecule has 0 aromatic heterocycles.